The summed E-state index contributed by atoms with van der Waals surface area (Å²) in [5.41, 5.74) is 2.42. The number of likely N-dealkylation sites (tertiary alicyclic amines) is 2. The van der Waals surface area contributed by atoms with E-state index in [1.807, 2.05) is 11.9 Å². The van der Waals surface area contributed by atoms with Gasteiger partial charge in [0.25, 0.3) is 0 Å². The van der Waals surface area contributed by atoms with Crippen molar-refractivity contribution in [2.45, 2.75) is 45.2 Å². The average Bonchev–Trinajstić information content (AvgIpc) is 3.29. The molecule has 2 amide bonds. The van der Waals surface area contributed by atoms with Gasteiger partial charge in [-0.2, -0.15) is 0 Å². The molecule has 2 N–H and O–H groups in total. The van der Waals surface area contributed by atoms with Crippen molar-refractivity contribution < 1.29 is 9.59 Å². The number of nitrogens with zero attached hydrogens (tertiary/aromatic N) is 3. The predicted octanol–water partition coefficient (Wildman–Crippen LogP) is 1.49. The van der Waals surface area contributed by atoms with Gasteiger partial charge in [-0.1, -0.05) is 24.3 Å². The van der Waals surface area contributed by atoms with E-state index in [0.717, 1.165) is 51.4 Å². The van der Waals surface area contributed by atoms with Gasteiger partial charge < -0.3 is 20.4 Å². The summed E-state index contributed by atoms with van der Waals surface area (Å²) < 4.78 is 0. The van der Waals surface area contributed by atoms with Crippen LogP contribution in [0.4, 0.5) is 0 Å². The molecule has 156 valence electrons. The van der Waals surface area contributed by atoms with E-state index < -0.39 is 0 Å². The monoisotopic (exact) mass is 397 g/mol. The molecule has 0 bridgehead atoms. The van der Waals surface area contributed by atoms with E-state index in [4.69, 9.17) is 0 Å². The SMILES string of the molecule is CN=C(NCc1ccc(CN2CCCC2=O)cc1)N1CCCC2(CNC(=O)C2)C1. The van der Waals surface area contributed by atoms with Crippen LogP contribution in [0.3, 0.4) is 0 Å². The van der Waals surface area contributed by atoms with Gasteiger partial charge in [-0.05, 0) is 30.4 Å². The van der Waals surface area contributed by atoms with Gasteiger partial charge >= 0.3 is 0 Å². The highest BCUT2D eigenvalue weighted by Crippen LogP contribution is 2.36. The highest BCUT2D eigenvalue weighted by molar-refractivity contribution is 5.81. The number of amides is 2. The standard InChI is InChI=1S/C22H31N5O2/c1-23-21(27-11-3-9-22(16-27)12-19(28)25-15-22)24-13-17-5-7-18(8-6-17)14-26-10-2-4-20(26)29/h5-8H,2-4,9-16H2,1H3,(H,23,24)(H,25,28). The summed E-state index contributed by atoms with van der Waals surface area (Å²) in [4.78, 5) is 32.2. The van der Waals surface area contributed by atoms with Crippen LogP contribution in [0.1, 0.15) is 43.2 Å². The molecule has 1 unspecified atom stereocenters. The molecule has 0 aromatic heterocycles. The molecule has 3 fully saturated rings. The number of benzene rings is 1. The molecular weight excluding hydrogens is 366 g/mol. The maximum atomic E-state index is 11.8. The molecule has 7 nitrogen and oxygen atoms in total. The van der Waals surface area contributed by atoms with Crippen LogP contribution in [0.5, 0.6) is 0 Å². The van der Waals surface area contributed by atoms with E-state index in [1.54, 1.807) is 0 Å². The number of carbonyl (C=O) groups excluding carboxylic acids is 2. The average molecular weight is 398 g/mol. The smallest absolute Gasteiger partial charge is 0.222 e. The number of hydrogen-bond donors (Lipinski definition) is 2. The number of carbonyl (C=O) groups is 2. The highest BCUT2D eigenvalue weighted by Gasteiger charge is 2.42. The Kier molecular flexibility index (Phi) is 5.74. The van der Waals surface area contributed by atoms with E-state index in [0.29, 0.717) is 25.9 Å². The highest BCUT2D eigenvalue weighted by atomic mass is 16.2. The minimum Gasteiger partial charge on any atom is -0.355 e. The Bertz CT molecular complexity index is 791. The number of rotatable bonds is 4. The van der Waals surface area contributed by atoms with Gasteiger partial charge in [0.2, 0.25) is 11.8 Å². The first-order valence-corrected chi connectivity index (χ1v) is 10.6. The van der Waals surface area contributed by atoms with Crippen LogP contribution >= 0.6 is 0 Å². The second kappa shape index (κ2) is 8.43. The second-order valence-electron chi connectivity index (χ2n) is 8.61. The van der Waals surface area contributed by atoms with Gasteiger partial charge in [0.1, 0.15) is 0 Å². The number of guanidine groups is 1. The molecule has 3 saturated heterocycles. The van der Waals surface area contributed by atoms with Crippen molar-refractivity contribution in [3.8, 4) is 0 Å². The normalized spacial score (nSPS) is 25.1. The Morgan fingerprint density at radius 1 is 1.17 bits per heavy atom. The molecule has 1 spiro atoms. The van der Waals surface area contributed by atoms with E-state index in [2.05, 4.69) is 44.8 Å². The van der Waals surface area contributed by atoms with E-state index in [9.17, 15) is 9.59 Å². The predicted molar refractivity (Wildman–Crippen MR) is 112 cm³/mol. The number of nitrogens with one attached hydrogen (secondary N) is 2. The lowest BCUT2D eigenvalue weighted by molar-refractivity contribution is -0.128. The zero-order valence-corrected chi connectivity index (χ0v) is 17.2. The van der Waals surface area contributed by atoms with Crippen LogP contribution in [0.2, 0.25) is 0 Å². The molecule has 0 radical (unpaired) electrons. The Balaban J connectivity index is 1.31. The molecule has 4 rings (SSSR count). The van der Waals surface area contributed by atoms with Crippen molar-refractivity contribution >= 4 is 17.8 Å². The molecular formula is C22H31N5O2. The minimum absolute atomic E-state index is 0.0572. The van der Waals surface area contributed by atoms with E-state index in [-0.39, 0.29) is 17.2 Å². The third-order valence-electron chi connectivity index (χ3n) is 6.39. The van der Waals surface area contributed by atoms with Crippen LogP contribution in [-0.2, 0) is 22.7 Å². The zero-order chi connectivity index (χ0) is 20.3. The van der Waals surface area contributed by atoms with Crippen molar-refractivity contribution in [2.75, 3.05) is 33.2 Å². The second-order valence-corrected chi connectivity index (χ2v) is 8.61. The fraction of sp³-hybridized carbons (Fsp3) is 0.591. The van der Waals surface area contributed by atoms with Crippen molar-refractivity contribution in [3.05, 3.63) is 35.4 Å². The molecule has 1 aromatic rings. The lowest BCUT2D eigenvalue weighted by Gasteiger charge is -2.40. The van der Waals surface area contributed by atoms with Crippen LogP contribution in [0, 0.1) is 5.41 Å². The topological polar surface area (TPSA) is 77.0 Å². The fourth-order valence-electron chi connectivity index (χ4n) is 4.80. The first kappa shape index (κ1) is 19.7. The van der Waals surface area contributed by atoms with Crippen LogP contribution in [0.15, 0.2) is 29.3 Å². The minimum atomic E-state index is 0.0572. The van der Waals surface area contributed by atoms with Crippen molar-refractivity contribution in [1.29, 1.82) is 0 Å². The molecule has 7 heteroatoms. The molecule has 0 aliphatic carbocycles. The number of piperidine rings is 1. The molecule has 29 heavy (non-hydrogen) atoms. The Labute approximate surface area is 172 Å². The van der Waals surface area contributed by atoms with E-state index in [1.165, 1.54) is 11.1 Å². The molecule has 1 atom stereocenters. The summed E-state index contributed by atoms with van der Waals surface area (Å²) in [6.45, 7) is 4.90. The summed E-state index contributed by atoms with van der Waals surface area (Å²) in [5.74, 6) is 1.33. The number of hydrogen-bond acceptors (Lipinski definition) is 3. The van der Waals surface area contributed by atoms with Gasteiger partial charge in [0.15, 0.2) is 5.96 Å². The Morgan fingerprint density at radius 2 is 1.97 bits per heavy atom. The summed E-state index contributed by atoms with van der Waals surface area (Å²) in [6, 6.07) is 8.45. The van der Waals surface area contributed by atoms with Gasteiger partial charge in [0, 0.05) is 64.6 Å². The largest absolute Gasteiger partial charge is 0.355 e. The molecule has 0 saturated carbocycles. The first-order valence-electron chi connectivity index (χ1n) is 10.6. The summed E-state index contributed by atoms with van der Waals surface area (Å²) >= 11 is 0. The zero-order valence-electron chi connectivity index (χ0n) is 17.2. The van der Waals surface area contributed by atoms with Gasteiger partial charge in [-0.25, -0.2) is 0 Å². The van der Waals surface area contributed by atoms with Crippen LogP contribution in [-0.4, -0.2) is 60.8 Å². The Morgan fingerprint density at radius 3 is 2.62 bits per heavy atom. The van der Waals surface area contributed by atoms with Gasteiger partial charge in [-0.15, -0.1) is 0 Å². The Hall–Kier alpha value is -2.57. The maximum Gasteiger partial charge on any atom is 0.222 e. The van der Waals surface area contributed by atoms with Gasteiger partial charge in [-0.3, -0.25) is 14.6 Å². The molecule has 3 heterocycles. The number of aliphatic imine (C=N–C) groups is 1. The van der Waals surface area contributed by atoms with Crippen LogP contribution < -0.4 is 10.6 Å². The third-order valence-corrected chi connectivity index (χ3v) is 6.39. The van der Waals surface area contributed by atoms with Crippen LogP contribution in [0.25, 0.3) is 0 Å². The quantitative estimate of drug-likeness (QED) is 0.596. The van der Waals surface area contributed by atoms with Crippen molar-refractivity contribution in [1.82, 2.24) is 20.4 Å². The summed E-state index contributed by atoms with van der Waals surface area (Å²) in [6.07, 6.45) is 4.46. The lowest BCUT2D eigenvalue weighted by Crippen LogP contribution is -2.51. The fourth-order valence-corrected chi connectivity index (χ4v) is 4.80. The van der Waals surface area contributed by atoms with E-state index >= 15 is 0 Å². The maximum absolute atomic E-state index is 11.8. The molecule has 1 aromatic carbocycles. The molecule has 3 aliphatic heterocycles. The summed E-state index contributed by atoms with van der Waals surface area (Å²) in [5, 5.41) is 6.48. The van der Waals surface area contributed by atoms with Crippen molar-refractivity contribution in [3.63, 3.8) is 0 Å². The van der Waals surface area contributed by atoms with Crippen molar-refractivity contribution in [2.24, 2.45) is 10.4 Å². The third kappa shape index (κ3) is 4.54. The molecule has 3 aliphatic rings. The van der Waals surface area contributed by atoms with Gasteiger partial charge in [0.05, 0.1) is 0 Å². The first-order chi connectivity index (χ1) is 14.1. The summed E-state index contributed by atoms with van der Waals surface area (Å²) in [7, 11) is 1.82. The lowest BCUT2D eigenvalue weighted by atomic mass is 9.79.